The van der Waals surface area contributed by atoms with E-state index in [1.807, 2.05) is 4.90 Å². The number of aromatic nitrogens is 2. The Morgan fingerprint density at radius 3 is 2.50 bits per heavy atom. The van der Waals surface area contributed by atoms with Crippen molar-refractivity contribution >= 4 is 5.95 Å². The summed E-state index contributed by atoms with van der Waals surface area (Å²) in [4.78, 5) is 6.03. The molecule has 0 radical (unpaired) electrons. The first-order valence-electron chi connectivity index (χ1n) is 6.19. The number of anilines is 1. The molecule has 1 aliphatic heterocycles. The minimum absolute atomic E-state index is 0.190. The van der Waals surface area contributed by atoms with Gasteiger partial charge in [0, 0.05) is 39.9 Å². The van der Waals surface area contributed by atoms with Crippen molar-refractivity contribution < 1.29 is 13.9 Å². The van der Waals surface area contributed by atoms with Crippen LogP contribution in [-0.2, 0) is 13.0 Å². The molecule has 0 bridgehead atoms. The molecule has 0 saturated carbocycles. The van der Waals surface area contributed by atoms with Crippen LogP contribution in [0.2, 0.25) is 0 Å². The van der Waals surface area contributed by atoms with Gasteiger partial charge in [0.15, 0.2) is 0 Å². The third kappa shape index (κ3) is 2.63. The lowest BCUT2D eigenvalue weighted by Crippen LogP contribution is -2.36. The first kappa shape index (κ1) is 13.3. The van der Waals surface area contributed by atoms with E-state index in [4.69, 9.17) is 5.11 Å². The minimum atomic E-state index is -2.90. The van der Waals surface area contributed by atoms with Gasteiger partial charge in [-0.15, -0.1) is 0 Å². The Hall–Kier alpha value is -1.17. The maximum atomic E-state index is 13.2. The van der Waals surface area contributed by atoms with Crippen molar-refractivity contribution in [3.05, 3.63) is 11.9 Å². The highest BCUT2D eigenvalue weighted by Crippen LogP contribution is 2.29. The van der Waals surface area contributed by atoms with E-state index in [1.165, 1.54) is 6.20 Å². The summed E-state index contributed by atoms with van der Waals surface area (Å²) >= 11 is 0. The average molecular weight is 259 g/mol. The van der Waals surface area contributed by atoms with Crippen molar-refractivity contribution in [3.63, 3.8) is 0 Å². The Kier molecular flexibility index (Phi) is 3.56. The van der Waals surface area contributed by atoms with Gasteiger partial charge in [0.2, 0.25) is 5.95 Å². The van der Waals surface area contributed by atoms with Crippen LogP contribution in [0.4, 0.5) is 14.7 Å². The molecule has 1 fully saturated rings. The highest BCUT2D eigenvalue weighted by atomic mass is 19.3. The Labute approximate surface area is 105 Å². The molecule has 0 amide bonds. The first-order chi connectivity index (χ1) is 8.41. The van der Waals surface area contributed by atoms with Crippen LogP contribution in [0.1, 0.15) is 25.5 Å². The van der Waals surface area contributed by atoms with Gasteiger partial charge < -0.3 is 14.6 Å². The molecule has 1 aliphatic rings. The number of halogens is 2. The van der Waals surface area contributed by atoms with Crippen LogP contribution in [0.3, 0.4) is 0 Å². The van der Waals surface area contributed by atoms with Gasteiger partial charge in [0.1, 0.15) is 5.69 Å². The second-order valence-corrected chi connectivity index (χ2v) is 5.04. The van der Waals surface area contributed by atoms with Gasteiger partial charge in [-0.3, -0.25) is 0 Å². The molecule has 0 aromatic carbocycles. The molecule has 18 heavy (non-hydrogen) atoms. The predicted octanol–water partition coefficient (Wildman–Crippen LogP) is 1.74. The first-order valence-corrected chi connectivity index (χ1v) is 6.19. The fourth-order valence-electron chi connectivity index (χ4n) is 2.28. The monoisotopic (exact) mass is 259 g/mol. The molecular formula is C12H19F2N3O. The van der Waals surface area contributed by atoms with E-state index in [9.17, 15) is 8.78 Å². The summed E-state index contributed by atoms with van der Waals surface area (Å²) in [5, 5.41) is 9.07. The summed E-state index contributed by atoms with van der Waals surface area (Å²) < 4.78 is 28.1. The molecule has 2 heterocycles. The van der Waals surface area contributed by atoms with Gasteiger partial charge in [-0.1, -0.05) is 0 Å². The molecule has 4 nitrogen and oxygen atoms in total. The van der Waals surface area contributed by atoms with E-state index in [-0.39, 0.29) is 12.3 Å². The van der Waals surface area contributed by atoms with Crippen molar-refractivity contribution in [2.75, 3.05) is 24.6 Å². The highest BCUT2D eigenvalue weighted by molar-refractivity contribution is 5.34. The predicted molar refractivity (Wildman–Crippen MR) is 64.8 cm³/mol. The van der Waals surface area contributed by atoms with Crippen LogP contribution in [0.25, 0.3) is 0 Å². The molecule has 1 N–H and O–H groups in total. The lowest BCUT2D eigenvalue weighted by atomic mass is 9.98. The molecule has 1 aromatic heterocycles. The van der Waals surface area contributed by atoms with Crippen LogP contribution >= 0.6 is 0 Å². The molecule has 0 atom stereocenters. The van der Waals surface area contributed by atoms with E-state index < -0.39 is 5.92 Å². The van der Waals surface area contributed by atoms with E-state index in [0.29, 0.717) is 11.9 Å². The van der Waals surface area contributed by atoms with E-state index >= 15 is 0 Å². The molecule has 0 unspecified atom stereocenters. The fourth-order valence-corrected chi connectivity index (χ4v) is 2.28. The zero-order valence-corrected chi connectivity index (χ0v) is 10.7. The van der Waals surface area contributed by atoms with Crippen LogP contribution in [0, 0.1) is 5.92 Å². The van der Waals surface area contributed by atoms with E-state index in [2.05, 4.69) is 4.98 Å². The number of nitrogens with zero attached hydrogens (tertiary/aromatic N) is 3. The molecule has 6 heteroatoms. The van der Waals surface area contributed by atoms with E-state index in [0.717, 1.165) is 32.9 Å². The van der Waals surface area contributed by atoms with Crippen molar-refractivity contribution in [2.24, 2.45) is 13.0 Å². The topological polar surface area (TPSA) is 41.3 Å². The number of aliphatic hydroxyl groups is 1. The molecule has 0 spiro atoms. The molecular weight excluding hydrogens is 240 g/mol. The number of imidazole rings is 1. The van der Waals surface area contributed by atoms with Gasteiger partial charge in [-0.05, 0) is 18.8 Å². The number of hydrogen-bond acceptors (Lipinski definition) is 3. The second kappa shape index (κ2) is 4.84. The minimum Gasteiger partial charge on any atom is -0.396 e. The van der Waals surface area contributed by atoms with Gasteiger partial charge in [0.05, 0.1) is 0 Å². The van der Waals surface area contributed by atoms with Crippen molar-refractivity contribution in [2.45, 2.75) is 25.7 Å². The fraction of sp³-hybridized carbons (Fsp3) is 0.750. The van der Waals surface area contributed by atoms with Crippen LogP contribution in [-0.4, -0.2) is 34.4 Å². The Morgan fingerprint density at radius 2 is 2.06 bits per heavy atom. The molecule has 102 valence electrons. The summed E-state index contributed by atoms with van der Waals surface area (Å²) in [6.45, 7) is 2.57. The van der Waals surface area contributed by atoms with Gasteiger partial charge in [0.25, 0.3) is 5.92 Å². The average Bonchev–Trinajstić information content (AvgIpc) is 2.71. The second-order valence-electron chi connectivity index (χ2n) is 5.04. The van der Waals surface area contributed by atoms with Gasteiger partial charge >= 0.3 is 0 Å². The van der Waals surface area contributed by atoms with Crippen LogP contribution in [0.15, 0.2) is 6.20 Å². The number of aryl methyl sites for hydroxylation is 1. The standard InChI is InChI=1S/C12H19F2N3O/c1-12(13,14)10-7-16(2)11(15-10)17-5-3-9(8-18)4-6-17/h7,9,18H,3-6,8H2,1-2H3. The van der Waals surface area contributed by atoms with Crippen LogP contribution in [0.5, 0.6) is 0 Å². The largest absolute Gasteiger partial charge is 0.396 e. The van der Waals surface area contributed by atoms with Gasteiger partial charge in [-0.2, -0.15) is 8.78 Å². The lowest BCUT2D eigenvalue weighted by Gasteiger charge is -2.31. The summed E-state index contributed by atoms with van der Waals surface area (Å²) in [5.74, 6) is -1.99. The quantitative estimate of drug-likeness (QED) is 0.899. The van der Waals surface area contributed by atoms with Crippen molar-refractivity contribution in [3.8, 4) is 0 Å². The Morgan fingerprint density at radius 1 is 1.44 bits per heavy atom. The zero-order chi connectivity index (χ0) is 13.3. The van der Waals surface area contributed by atoms with Crippen LogP contribution < -0.4 is 4.90 Å². The summed E-state index contributed by atoms with van der Waals surface area (Å²) in [6, 6.07) is 0. The smallest absolute Gasteiger partial charge is 0.288 e. The van der Waals surface area contributed by atoms with Gasteiger partial charge in [-0.25, -0.2) is 4.98 Å². The maximum Gasteiger partial charge on any atom is 0.288 e. The Balaban J connectivity index is 2.12. The highest BCUT2D eigenvalue weighted by Gasteiger charge is 2.30. The normalized spacial score (nSPS) is 18.4. The summed E-state index contributed by atoms with van der Waals surface area (Å²) in [5.41, 5.74) is -0.190. The number of hydrogen-bond donors (Lipinski definition) is 1. The third-order valence-corrected chi connectivity index (χ3v) is 3.46. The molecule has 0 aliphatic carbocycles. The number of aliphatic hydroxyl groups excluding tert-OH is 1. The lowest BCUT2D eigenvalue weighted by molar-refractivity contribution is 0.0131. The summed E-state index contributed by atoms with van der Waals surface area (Å²) in [7, 11) is 1.73. The maximum absolute atomic E-state index is 13.2. The van der Waals surface area contributed by atoms with E-state index in [1.54, 1.807) is 11.6 Å². The SMILES string of the molecule is Cn1cc(C(C)(F)F)nc1N1CCC(CO)CC1. The van der Waals surface area contributed by atoms with Crippen molar-refractivity contribution in [1.29, 1.82) is 0 Å². The molecule has 2 rings (SSSR count). The van der Waals surface area contributed by atoms with Crippen molar-refractivity contribution in [1.82, 2.24) is 9.55 Å². The zero-order valence-electron chi connectivity index (χ0n) is 10.7. The number of piperidine rings is 1. The third-order valence-electron chi connectivity index (χ3n) is 3.46. The molecule has 1 aromatic rings. The summed E-state index contributed by atoms with van der Waals surface area (Å²) in [6.07, 6.45) is 3.13. The number of rotatable bonds is 3. The molecule has 1 saturated heterocycles. The Bertz CT molecular complexity index is 406. The number of alkyl halides is 2.